The van der Waals surface area contributed by atoms with Crippen molar-refractivity contribution >= 4 is 34.3 Å². The van der Waals surface area contributed by atoms with Gasteiger partial charge in [-0.2, -0.15) is 0 Å². The number of nitrogens with zero attached hydrogens (tertiary/aromatic N) is 2. The average molecular weight is 395 g/mol. The van der Waals surface area contributed by atoms with Crippen LogP contribution in [0.3, 0.4) is 0 Å². The summed E-state index contributed by atoms with van der Waals surface area (Å²) in [5, 5.41) is 1.83. The van der Waals surface area contributed by atoms with E-state index in [1.54, 1.807) is 0 Å². The standard InChI is InChI=1S/C23H23ClN2O2/c1-2-28-23(27)16-10-12-26(13-11-16)22-9-7-19-14-18(6-8-21(19)25-22)17-4-3-5-20(24)15-17/h3-9,14-16H,2,10-13H2,1H3. The first-order chi connectivity index (χ1) is 13.6. The number of esters is 1. The molecule has 0 atom stereocenters. The first kappa shape index (κ1) is 18.8. The van der Waals surface area contributed by atoms with Gasteiger partial charge in [-0.15, -0.1) is 0 Å². The number of ether oxygens (including phenoxy) is 1. The summed E-state index contributed by atoms with van der Waals surface area (Å²) < 4.78 is 5.15. The number of fused-ring (bicyclic) bond motifs is 1. The van der Waals surface area contributed by atoms with E-state index in [2.05, 4.69) is 41.3 Å². The van der Waals surface area contributed by atoms with Crippen molar-refractivity contribution in [2.45, 2.75) is 19.8 Å². The molecule has 0 radical (unpaired) electrons. The van der Waals surface area contributed by atoms with Crippen LogP contribution in [0.5, 0.6) is 0 Å². The van der Waals surface area contributed by atoms with Crippen molar-refractivity contribution in [2.24, 2.45) is 5.92 Å². The maximum absolute atomic E-state index is 11.9. The summed E-state index contributed by atoms with van der Waals surface area (Å²) in [6.45, 7) is 3.94. The molecule has 0 bridgehead atoms. The van der Waals surface area contributed by atoms with Gasteiger partial charge in [0.05, 0.1) is 18.0 Å². The largest absolute Gasteiger partial charge is 0.466 e. The highest BCUT2D eigenvalue weighted by molar-refractivity contribution is 6.30. The highest BCUT2D eigenvalue weighted by Crippen LogP contribution is 2.28. The summed E-state index contributed by atoms with van der Waals surface area (Å²) in [6, 6.07) is 18.3. The zero-order chi connectivity index (χ0) is 19.5. The Morgan fingerprint density at radius 1 is 1.11 bits per heavy atom. The van der Waals surface area contributed by atoms with Crippen LogP contribution in [0.2, 0.25) is 5.02 Å². The van der Waals surface area contributed by atoms with Crippen LogP contribution >= 0.6 is 11.6 Å². The molecule has 5 heteroatoms. The molecule has 0 spiro atoms. The van der Waals surface area contributed by atoms with Crippen LogP contribution in [0.4, 0.5) is 5.82 Å². The summed E-state index contributed by atoms with van der Waals surface area (Å²) in [6.07, 6.45) is 1.62. The van der Waals surface area contributed by atoms with Crippen LogP contribution in [0.1, 0.15) is 19.8 Å². The van der Waals surface area contributed by atoms with Crippen molar-refractivity contribution in [1.82, 2.24) is 4.98 Å². The van der Waals surface area contributed by atoms with Crippen molar-refractivity contribution < 1.29 is 9.53 Å². The summed E-state index contributed by atoms with van der Waals surface area (Å²) in [5.74, 6) is 0.907. The molecule has 2 heterocycles. The molecule has 0 aliphatic carbocycles. The lowest BCUT2D eigenvalue weighted by molar-refractivity contribution is -0.148. The minimum absolute atomic E-state index is 0.0110. The van der Waals surface area contributed by atoms with Crippen LogP contribution in [0, 0.1) is 5.92 Å². The Bertz CT molecular complexity index is 997. The molecule has 1 aliphatic rings. The molecule has 1 saturated heterocycles. The van der Waals surface area contributed by atoms with Crippen molar-refractivity contribution in [3.63, 3.8) is 0 Å². The van der Waals surface area contributed by atoms with Crippen molar-refractivity contribution in [2.75, 3.05) is 24.6 Å². The van der Waals surface area contributed by atoms with E-state index >= 15 is 0 Å². The van der Waals surface area contributed by atoms with Crippen molar-refractivity contribution in [1.29, 1.82) is 0 Å². The third kappa shape index (κ3) is 3.97. The zero-order valence-electron chi connectivity index (χ0n) is 15.9. The topological polar surface area (TPSA) is 42.4 Å². The maximum atomic E-state index is 11.9. The maximum Gasteiger partial charge on any atom is 0.309 e. The van der Waals surface area contributed by atoms with Crippen molar-refractivity contribution in [3.05, 3.63) is 59.6 Å². The molecule has 3 aromatic rings. The molecule has 0 amide bonds. The van der Waals surface area contributed by atoms with Gasteiger partial charge in [0.1, 0.15) is 5.82 Å². The molecule has 4 nitrogen and oxygen atoms in total. The molecule has 28 heavy (non-hydrogen) atoms. The van der Waals surface area contributed by atoms with Crippen LogP contribution in [0.15, 0.2) is 54.6 Å². The highest BCUT2D eigenvalue weighted by Gasteiger charge is 2.26. The van der Waals surface area contributed by atoms with Gasteiger partial charge in [0.15, 0.2) is 0 Å². The van der Waals surface area contributed by atoms with E-state index in [9.17, 15) is 4.79 Å². The van der Waals surface area contributed by atoms with E-state index in [-0.39, 0.29) is 11.9 Å². The highest BCUT2D eigenvalue weighted by atomic mass is 35.5. The Kier molecular flexibility index (Phi) is 5.49. The predicted octanol–water partition coefficient (Wildman–Crippen LogP) is 5.33. The number of aromatic nitrogens is 1. The van der Waals surface area contributed by atoms with Gasteiger partial charge in [-0.1, -0.05) is 29.8 Å². The molecule has 0 N–H and O–H groups in total. The van der Waals surface area contributed by atoms with Crippen LogP contribution < -0.4 is 4.90 Å². The number of carbonyl (C=O) groups excluding carboxylic acids is 1. The Balaban J connectivity index is 1.51. The number of anilines is 1. The SMILES string of the molecule is CCOC(=O)C1CCN(c2ccc3cc(-c4cccc(Cl)c4)ccc3n2)CC1. The first-order valence-corrected chi connectivity index (χ1v) is 10.1. The van der Waals surface area contributed by atoms with E-state index in [4.69, 9.17) is 21.3 Å². The summed E-state index contributed by atoms with van der Waals surface area (Å²) in [7, 11) is 0. The average Bonchev–Trinajstić information content (AvgIpc) is 2.73. The Labute approximate surface area is 170 Å². The van der Waals surface area contributed by atoms with Crippen molar-refractivity contribution in [3.8, 4) is 11.1 Å². The van der Waals surface area contributed by atoms with Crippen LogP contribution in [-0.4, -0.2) is 30.6 Å². The monoisotopic (exact) mass is 394 g/mol. The number of hydrogen-bond donors (Lipinski definition) is 0. The minimum atomic E-state index is -0.0674. The number of rotatable bonds is 4. The van der Waals surface area contributed by atoms with Gasteiger partial charge in [0.25, 0.3) is 0 Å². The fourth-order valence-electron chi connectivity index (χ4n) is 3.74. The molecular weight excluding hydrogens is 372 g/mol. The van der Waals surface area contributed by atoms with E-state index in [0.29, 0.717) is 6.61 Å². The van der Waals surface area contributed by atoms with E-state index in [1.165, 1.54) is 0 Å². The number of halogens is 1. The lowest BCUT2D eigenvalue weighted by Crippen LogP contribution is -2.37. The lowest BCUT2D eigenvalue weighted by atomic mass is 9.97. The molecule has 0 unspecified atom stereocenters. The number of piperidine rings is 1. The predicted molar refractivity (Wildman–Crippen MR) is 114 cm³/mol. The molecule has 144 valence electrons. The summed E-state index contributed by atoms with van der Waals surface area (Å²) in [4.78, 5) is 19.0. The number of carbonyl (C=O) groups is 1. The van der Waals surface area contributed by atoms with Crippen LogP contribution in [-0.2, 0) is 9.53 Å². The zero-order valence-corrected chi connectivity index (χ0v) is 16.7. The van der Waals surface area contributed by atoms with Gasteiger partial charge >= 0.3 is 5.97 Å². The molecule has 2 aromatic carbocycles. The third-order valence-corrected chi connectivity index (χ3v) is 5.51. The molecule has 4 rings (SSSR count). The van der Waals surface area contributed by atoms with Crippen LogP contribution in [0.25, 0.3) is 22.0 Å². The van der Waals surface area contributed by atoms with Gasteiger partial charge in [-0.3, -0.25) is 4.79 Å². The second kappa shape index (κ2) is 8.19. The quantitative estimate of drug-likeness (QED) is 0.560. The van der Waals surface area contributed by atoms with E-state index in [1.807, 2.05) is 25.1 Å². The van der Waals surface area contributed by atoms with Gasteiger partial charge in [0, 0.05) is 23.5 Å². The van der Waals surface area contributed by atoms with Gasteiger partial charge in [-0.05, 0) is 67.3 Å². The molecule has 1 aliphatic heterocycles. The molecular formula is C23H23ClN2O2. The second-order valence-corrected chi connectivity index (χ2v) is 7.54. The number of pyridine rings is 1. The van der Waals surface area contributed by atoms with Gasteiger partial charge < -0.3 is 9.64 Å². The second-order valence-electron chi connectivity index (χ2n) is 7.10. The Morgan fingerprint density at radius 3 is 2.64 bits per heavy atom. The third-order valence-electron chi connectivity index (χ3n) is 5.27. The Hall–Kier alpha value is -2.59. The smallest absolute Gasteiger partial charge is 0.309 e. The van der Waals surface area contributed by atoms with Gasteiger partial charge in [0.2, 0.25) is 0 Å². The molecule has 1 fully saturated rings. The normalized spacial score (nSPS) is 15.0. The summed E-state index contributed by atoms with van der Waals surface area (Å²) >= 11 is 6.12. The summed E-state index contributed by atoms with van der Waals surface area (Å²) in [5.41, 5.74) is 3.19. The minimum Gasteiger partial charge on any atom is -0.466 e. The number of benzene rings is 2. The fourth-order valence-corrected chi connectivity index (χ4v) is 3.93. The van der Waals surface area contributed by atoms with E-state index in [0.717, 1.165) is 58.8 Å². The fraction of sp³-hybridized carbons (Fsp3) is 0.304. The molecule has 1 aromatic heterocycles. The lowest BCUT2D eigenvalue weighted by Gasteiger charge is -2.31. The molecule has 0 saturated carbocycles. The number of hydrogen-bond acceptors (Lipinski definition) is 4. The van der Waals surface area contributed by atoms with E-state index < -0.39 is 0 Å². The van der Waals surface area contributed by atoms with Gasteiger partial charge in [-0.25, -0.2) is 4.98 Å². The Morgan fingerprint density at radius 2 is 1.89 bits per heavy atom. The first-order valence-electron chi connectivity index (χ1n) is 9.72.